The summed E-state index contributed by atoms with van der Waals surface area (Å²) in [6, 6.07) is 5.12. The molecular weight excluding hydrogens is 387 g/mol. The number of carbonyl (C=O) groups excluding carboxylic acids is 2. The molecule has 9 heteroatoms. The van der Waals surface area contributed by atoms with Crippen LogP contribution in [0.4, 0.5) is 10.3 Å². The highest BCUT2D eigenvalue weighted by Gasteiger charge is 2.31. The fourth-order valence-corrected chi connectivity index (χ4v) is 3.44. The minimum Gasteiger partial charge on any atom is -0.355 e. The molecule has 1 aliphatic heterocycles. The summed E-state index contributed by atoms with van der Waals surface area (Å²) >= 11 is 0. The van der Waals surface area contributed by atoms with Crippen LogP contribution in [0, 0.1) is 5.82 Å². The van der Waals surface area contributed by atoms with Crippen LogP contribution in [0.15, 0.2) is 36.7 Å². The van der Waals surface area contributed by atoms with Gasteiger partial charge in [-0.15, -0.1) is 0 Å². The van der Waals surface area contributed by atoms with Gasteiger partial charge in [0.2, 0.25) is 11.9 Å². The molecule has 2 aromatic heterocycles. The third-order valence-corrected chi connectivity index (χ3v) is 5.03. The van der Waals surface area contributed by atoms with Crippen LogP contribution in [0.1, 0.15) is 23.7 Å². The highest BCUT2D eigenvalue weighted by Crippen LogP contribution is 2.25. The first-order valence-electron chi connectivity index (χ1n) is 9.68. The van der Waals surface area contributed by atoms with E-state index in [4.69, 9.17) is 0 Å². The van der Waals surface area contributed by atoms with Crippen LogP contribution in [-0.4, -0.2) is 57.8 Å². The largest absolute Gasteiger partial charge is 0.355 e. The average molecular weight is 408 g/mol. The highest BCUT2D eigenvalue weighted by molar-refractivity contribution is 6.08. The van der Waals surface area contributed by atoms with Crippen molar-refractivity contribution in [2.75, 3.05) is 25.5 Å². The van der Waals surface area contributed by atoms with E-state index in [-0.39, 0.29) is 5.91 Å². The Kier molecular flexibility index (Phi) is 5.26. The maximum absolute atomic E-state index is 13.8. The van der Waals surface area contributed by atoms with Crippen LogP contribution < -0.4 is 10.6 Å². The number of aromatic nitrogens is 3. The maximum atomic E-state index is 13.8. The molecule has 3 aromatic rings. The summed E-state index contributed by atoms with van der Waals surface area (Å²) in [5.74, 6) is -0.505. The number of hydrogen-bond donors (Lipinski definition) is 2. The molecule has 8 nitrogen and oxygen atoms in total. The number of benzene rings is 1. The van der Waals surface area contributed by atoms with Gasteiger partial charge in [-0.05, 0) is 31.5 Å². The van der Waals surface area contributed by atoms with Crippen LogP contribution in [0.2, 0.25) is 0 Å². The molecule has 0 spiro atoms. The summed E-state index contributed by atoms with van der Waals surface area (Å²) in [7, 11) is 1.70. The van der Waals surface area contributed by atoms with Crippen molar-refractivity contribution >= 4 is 28.7 Å². The summed E-state index contributed by atoms with van der Waals surface area (Å²) < 4.78 is 13.8. The van der Waals surface area contributed by atoms with E-state index in [1.807, 2.05) is 6.92 Å². The number of rotatable bonds is 5. The Morgan fingerprint density at radius 3 is 2.70 bits per heavy atom. The predicted octanol–water partition coefficient (Wildman–Crippen LogP) is 2.22. The number of carbonyl (C=O) groups is 2. The zero-order chi connectivity index (χ0) is 21.3. The number of anilines is 1. The summed E-state index contributed by atoms with van der Waals surface area (Å²) in [5.41, 5.74) is 1.68. The van der Waals surface area contributed by atoms with Crippen molar-refractivity contribution in [3.05, 3.63) is 48.0 Å². The van der Waals surface area contributed by atoms with Gasteiger partial charge in [-0.1, -0.05) is 0 Å². The molecule has 30 heavy (non-hydrogen) atoms. The van der Waals surface area contributed by atoms with E-state index >= 15 is 0 Å². The normalized spacial score (nSPS) is 16.2. The lowest BCUT2D eigenvalue weighted by Gasteiger charge is -2.14. The summed E-state index contributed by atoms with van der Waals surface area (Å²) in [5, 5.41) is 6.30. The number of likely N-dealkylation sites (tertiary alicyclic amines) is 1. The van der Waals surface area contributed by atoms with Crippen molar-refractivity contribution in [3.8, 4) is 11.3 Å². The minimum atomic E-state index is -0.572. The lowest BCUT2D eigenvalue weighted by atomic mass is 10.0. The number of pyridine rings is 1. The van der Waals surface area contributed by atoms with Gasteiger partial charge in [0.25, 0.3) is 5.91 Å². The molecule has 0 saturated carbocycles. The van der Waals surface area contributed by atoms with Crippen molar-refractivity contribution < 1.29 is 14.0 Å². The first kappa shape index (κ1) is 19.7. The lowest BCUT2D eigenvalue weighted by molar-refractivity contribution is -0.128. The van der Waals surface area contributed by atoms with Gasteiger partial charge in [0.1, 0.15) is 11.9 Å². The van der Waals surface area contributed by atoms with E-state index in [1.165, 1.54) is 18.2 Å². The zero-order valence-corrected chi connectivity index (χ0v) is 16.6. The maximum Gasteiger partial charge on any atom is 0.252 e. The Morgan fingerprint density at radius 1 is 1.27 bits per heavy atom. The molecule has 1 atom stereocenters. The minimum absolute atomic E-state index is 0.125. The SMILES string of the molecule is CCNc1ncc(-c2cc(C(=O)N[C@@H]3CCN(C)C3=O)c3ccc(F)cc3n2)cn1. The molecule has 1 aliphatic rings. The Balaban J connectivity index is 1.74. The Labute approximate surface area is 172 Å². The number of amides is 2. The molecule has 1 fully saturated rings. The van der Waals surface area contributed by atoms with E-state index in [1.54, 1.807) is 30.4 Å². The van der Waals surface area contributed by atoms with Gasteiger partial charge in [0.05, 0.1) is 16.8 Å². The predicted molar refractivity (Wildman–Crippen MR) is 110 cm³/mol. The Bertz CT molecular complexity index is 1120. The summed E-state index contributed by atoms with van der Waals surface area (Å²) in [6.45, 7) is 3.22. The van der Waals surface area contributed by atoms with Crippen LogP contribution in [0.5, 0.6) is 0 Å². The third kappa shape index (κ3) is 3.78. The molecule has 0 radical (unpaired) electrons. The quantitative estimate of drug-likeness (QED) is 0.672. The molecule has 1 aromatic carbocycles. The van der Waals surface area contributed by atoms with Crippen molar-refractivity contribution in [1.82, 2.24) is 25.2 Å². The first-order chi connectivity index (χ1) is 14.5. The fraction of sp³-hybridized carbons (Fsp3) is 0.286. The molecular formula is C21H21FN6O2. The van der Waals surface area contributed by atoms with Gasteiger partial charge in [0.15, 0.2) is 0 Å². The van der Waals surface area contributed by atoms with Crippen molar-refractivity contribution in [3.63, 3.8) is 0 Å². The van der Waals surface area contributed by atoms with E-state index in [9.17, 15) is 14.0 Å². The standard InChI is InChI=1S/C21H21FN6O2/c1-3-23-21-24-10-12(11-25-21)17-9-15(14-5-4-13(22)8-18(14)26-17)19(29)27-16-6-7-28(2)20(16)30/h4-5,8-11,16H,3,6-7H2,1-2H3,(H,27,29)(H,23,24,25)/t16-/m1/s1. The number of fused-ring (bicyclic) bond motifs is 1. The monoisotopic (exact) mass is 408 g/mol. The number of nitrogens with one attached hydrogen (secondary N) is 2. The second kappa shape index (κ2) is 8.02. The van der Waals surface area contributed by atoms with E-state index in [0.717, 1.165) is 0 Å². The number of likely N-dealkylation sites (N-methyl/N-ethyl adjacent to an activating group) is 1. The van der Waals surface area contributed by atoms with Crippen molar-refractivity contribution in [2.45, 2.75) is 19.4 Å². The molecule has 4 rings (SSSR count). The summed E-state index contributed by atoms with van der Waals surface area (Å²) in [4.78, 5) is 39.7. The van der Waals surface area contributed by atoms with Crippen molar-refractivity contribution in [2.24, 2.45) is 0 Å². The van der Waals surface area contributed by atoms with Gasteiger partial charge in [-0.2, -0.15) is 0 Å². The second-order valence-corrected chi connectivity index (χ2v) is 7.12. The van der Waals surface area contributed by atoms with Crippen molar-refractivity contribution in [1.29, 1.82) is 0 Å². The molecule has 3 heterocycles. The molecule has 2 amide bonds. The summed E-state index contributed by atoms with van der Waals surface area (Å²) in [6.07, 6.45) is 3.73. The lowest BCUT2D eigenvalue weighted by Crippen LogP contribution is -2.40. The topological polar surface area (TPSA) is 100 Å². The van der Waals surface area contributed by atoms with Gasteiger partial charge in [0, 0.05) is 49.5 Å². The van der Waals surface area contributed by atoms with Gasteiger partial charge >= 0.3 is 0 Å². The number of nitrogens with zero attached hydrogens (tertiary/aromatic N) is 4. The third-order valence-electron chi connectivity index (χ3n) is 5.03. The zero-order valence-electron chi connectivity index (χ0n) is 16.6. The van der Waals surface area contributed by atoms with Gasteiger partial charge < -0.3 is 15.5 Å². The Morgan fingerprint density at radius 2 is 2.03 bits per heavy atom. The van der Waals surface area contributed by atoms with E-state index in [0.29, 0.717) is 53.2 Å². The van der Waals surface area contributed by atoms with Crippen LogP contribution in [0.25, 0.3) is 22.2 Å². The molecule has 2 N–H and O–H groups in total. The average Bonchev–Trinajstić information content (AvgIpc) is 3.05. The van der Waals surface area contributed by atoms with Crippen LogP contribution in [0.3, 0.4) is 0 Å². The molecule has 0 bridgehead atoms. The Hall–Kier alpha value is -3.62. The fourth-order valence-electron chi connectivity index (χ4n) is 3.44. The van der Waals surface area contributed by atoms with Gasteiger partial charge in [-0.3, -0.25) is 9.59 Å². The van der Waals surface area contributed by atoms with Crippen LogP contribution >= 0.6 is 0 Å². The number of hydrogen-bond acceptors (Lipinski definition) is 6. The molecule has 154 valence electrons. The van der Waals surface area contributed by atoms with E-state index < -0.39 is 17.8 Å². The van der Waals surface area contributed by atoms with Gasteiger partial charge in [-0.25, -0.2) is 19.3 Å². The van der Waals surface area contributed by atoms with Crippen LogP contribution in [-0.2, 0) is 4.79 Å². The number of halogens is 1. The second-order valence-electron chi connectivity index (χ2n) is 7.12. The molecule has 0 aliphatic carbocycles. The highest BCUT2D eigenvalue weighted by atomic mass is 19.1. The molecule has 1 saturated heterocycles. The van der Waals surface area contributed by atoms with E-state index in [2.05, 4.69) is 25.6 Å². The smallest absolute Gasteiger partial charge is 0.252 e. The first-order valence-corrected chi connectivity index (χ1v) is 9.68. The molecule has 0 unspecified atom stereocenters.